The van der Waals surface area contributed by atoms with Gasteiger partial charge in [-0.15, -0.1) is 11.3 Å². The Bertz CT molecular complexity index is 697. The molecular weight excluding hydrogens is 296 g/mol. The van der Waals surface area contributed by atoms with Crippen LogP contribution in [-0.2, 0) is 4.74 Å². The largest absolute Gasteiger partial charge is 0.501 e. The maximum atomic E-state index is 10.5. The predicted molar refractivity (Wildman–Crippen MR) is 87.9 cm³/mol. The highest BCUT2D eigenvalue weighted by Crippen LogP contribution is 2.42. The van der Waals surface area contributed by atoms with E-state index in [1.165, 1.54) is 18.5 Å². The number of nitrogens with zero attached hydrogens (tertiary/aromatic N) is 2. The average molecular weight is 316 g/mol. The number of thiazole rings is 1. The van der Waals surface area contributed by atoms with Crippen molar-refractivity contribution in [2.75, 3.05) is 7.11 Å². The van der Waals surface area contributed by atoms with Crippen LogP contribution in [0, 0.1) is 5.92 Å². The van der Waals surface area contributed by atoms with Gasteiger partial charge in [-0.2, -0.15) is 0 Å². The van der Waals surface area contributed by atoms with Gasteiger partial charge in [0.15, 0.2) is 0 Å². The number of hydrogen-bond donors (Lipinski definition) is 1. The van der Waals surface area contributed by atoms with Crippen molar-refractivity contribution in [3.63, 3.8) is 0 Å². The zero-order valence-corrected chi connectivity index (χ0v) is 13.7. The van der Waals surface area contributed by atoms with E-state index in [1.807, 2.05) is 13.0 Å². The lowest BCUT2D eigenvalue weighted by Gasteiger charge is -2.32. The Morgan fingerprint density at radius 2 is 2.14 bits per heavy atom. The standard InChI is InChI=1S/C17H20N2O2S/c1-9-15(21-2)6-5-11-14(20)7-12(18-16(9)11)17-19-13(8-22-17)10-3-4-10/h7-8,10-11,14,20H,3-6H2,1-2H3. The molecule has 0 saturated heterocycles. The fraction of sp³-hybridized carbons (Fsp3) is 0.529. The van der Waals surface area contributed by atoms with Gasteiger partial charge in [-0.3, -0.25) is 0 Å². The van der Waals surface area contributed by atoms with Gasteiger partial charge in [-0.25, -0.2) is 9.98 Å². The van der Waals surface area contributed by atoms with E-state index in [0.717, 1.165) is 40.6 Å². The topological polar surface area (TPSA) is 54.7 Å². The minimum absolute atomic E-state index is 0.0884. The molecular formula is C17H20N2O2S. The summed E-state index contributed by atoms with van der Waals surface area (Å²) in [6.45, 7) is 2.04. The molecule has 0 aromatic carbocycles. The van der Waals surface area contributed by atoms with Crippen molar-refractivity contribution in [3.05, 3.63) is 33.5 Å². The highest BCUT2D eigenvalue weighted by atomic mass is 32.1. The minimum atomic E-state index is -0.482. The number of aromatic nitrogens is 1. The summed E-state index contributed by atoms with van der Waals surface area (Å²) >= 11 is 1.63. The first-order valence-corrected chi connectivity index (χ1v) is 8.73. The molecule has 0 radical (unpaired) electrons. The first-order chi connectivity index (χ1) is 10.7. The fourth-order valence-electron chi connectivity index (χ4n) is 3.32. The van der Waals surface area contributed by atoms with Crippen LogP contribution >= 0.6 is 11.3 Å². The van der Waals surface area contributed by atoms with Crippen LogP contribution in [0.25, 0.3) is 5.70 Å². The van der Waals surface area contributed by atoms with E-state index in [-0.39, 0.29) is 5.92 Å². The molecule has 4 nitrogen and oxygen atoms in total. The summed E-state index contributed by atoms with van der Waals surface area (Å²) in [5, 5.41) is 13.6. The summed E-state index contributed by atoms with van der Waals surface area (Å²) in [6.07, 6.45) is 5.64. The molecule has 0 bridgehead atoms. The van der Waals surface area contributed by atoms with Gasteiger partial charge >= 0.3 is 0 Å². The molecule has 1 fully saturated rings. The smallest absolute Gasteiger partial charge is 0.141 e. The molecule has 1 aromatic heterocycles. The maximum Gasteiger partial charge on any atom is 0.141 e. The Balaban J connectivity index is 1.71. The molecule has 0 amide bonds. The molecule has 22 heavy (non-hydrogen) atoms. The molecule has 1 aliphatic heterocycles. The Morgan fingerprint density at radius 1 is 1.32 bits per heavy atom. The van der Waals surface area contributed by atoms with Crippen LogP contribution in [0.2, 0.25) is 0 Å². The van der Waals surface area contributed by atoms with E-state index in [4.69, 9.17) is 14.7 Å². The Morgan fingerprint density at radius 3 is 2.86 bits per heavy atom. The van der Waals surface area contributed by atoms with Crippen LogP contribution in [0.4, 0.5) is 0 Å². The summed E-state index contributed by atoms with van der Waals surface area (Å²) in [7, 11) is 1.71. The van der Waals surface area contributed by atoms with Crippen LogP contribution in [0.3, 0.4) is 0 Å². The lowest BCUT2D eigenvalue weighted by Crippen LogP contribution is -2.34. The van der Waals surface area contributed by atoms with Gasteiger partial charge in [-0.1, -0.05) is 0 Å². The molecule has 4 rings (SSSR count). The van der Waals surface area contributed by atoms with E-state index in [9.17, 15) is 5.11 Å². The molecule has 1 N–H and O–H groups in total. The lowest BCUT2D eigenvalue weighted by atomic mass is 9.80. The van der Waals surface area contributed by atoms with Crippen molar-refractivity contribution in [3.8, 4) is 0 Å². The predicted octanol–water partition coefficient (Wildman–Crippen LogP) is 3.51. The Kier molecular flexibility index (Phi) is 3.42. The van der Waals surface area contributed by atoms with Gasteiger partial charge in [-0.05, 0) is 32.3 Å². The van der Waals surface area contributed by atoms with E-state index >= 15 is 0 Å². The second kappa shape index (κ2) is 5.32. The normalized spacial score (nSPS) is 28.1. The third-order valence-electron chi connectivity index (χ3n) is 4.80. The SMILES string of the molecule is COC1=C(C)C2=NC(c3nc(C4CC4)cs3)=CC(O)C2CC1. The molecule has 5 heteroatoms. The summed E-state index contributed by atoms with van der Waals surface area (Å²) in [6, 6.07) is 0. The zero-order valence-electron chi connectivity index (χ0n) is 12.9. The monoisotopic (exact) mass is 316 g/mol. The second-order valence-electron chi connectivity index (χ2n) is 6.29. The third kappa shape index (κ3) is 2.32. The number of rotatable bonds is 3. The summed E-state index contributed by atoms with van der Waals surface area (Å²) in [5.74, 6) is 1.72. The average Bonchev–Trinajstić information content (AvgIpc) is 3.25. The molecule has 2 atom stereocenters. The number of aliphatic hydroxyl groups is 1. The van der Waals surface area contributed by atoms with E-state index in [2.05, 4.69) is 5.38 Å². The van der Waals surface area contributed by atoms with Crippen molar-refractivity contribution < 1.29 is 9.84 Å². The van der Waals surface area contributed by atoms with Gasteiger partial charge in [0.25, 0.3) is 0 Å². The van der Waals surface area contributed by atoms with E-state index < -0.39 is 6.10 Å². The lowest BCUT2D eigenvalue weighted by molar-refractivity contribution is 0.170. The van der Waals surface area contributed by atoms with Crippen LogP contribution in [0.5, 0.6) is 0 Å². The minimum Gasteiger partial charge on any atom is -0.501 e. The molecule has 2 aliphatic carbocycles. The van der Waals surface area contributed by atoms with Crippen LogP contribution < -0.4 is 0 Å². The number of aliphatic hydroxyl groups excluding tert-OH is 1. The highest BCUT2D eigenvalue weighted by Gasteiger charge is 2.34. The van der Waals surface area contributed by atoms with Gasteiger partial charge in [0.1, 0.15) is 10.8 Å². The van der Waals surface area contributed by atoms with Crippen LogP contribution in [-0.4, -0.2) is 29.0 Å². The summed E-state index contributed by atoms with van der Waals surface area (Å²) < 4.78 is 5.46. The molecule has 1 aromatic rings. The molecule has 2 unspecified atom stereocenters. The maximum absolute atomic E-state index is 10.5. The second-order valence-corrected chi connectivity index (χ2v) is 7.15. The van der Waals surface area contributed by atoms with Crippen molar-refractivity contribution in [2.45, 2.75) is 44.6 Å². The quantitative estimate of drug-likeness (QED) is 0.928. The molecule has 3 aliphatic rings. The Hall–Kier alpha value is -1.46. The van der Waals surface area contributed by atoms with E-state index in [1.54, 1.807) is 18.4 Å². The summed E-state index contributed by atoms with van der Waals surface area (Å²) in [5.41, 5.74) is 4.04. The summed E-state index contributed by atoms with van der Waals surface area (Å²) in [4.78, 5) is 9.54. The van der Waals surface area contributed by atoms with Gasteiger partial charge in [0, 0.05) is 29.2 Å². The van der Waals surface area contributed by atoms with Crippen molar-refractivity contribution in [1.29, 1.82) is 0 Å². The first-order valence-electron chi connectivity index (χ1n) is 7.85. The highest BCUT2D eigenvalue weighted by molar-refractivity contribution is 7.10. The molecule has 1 saturated carbocycles. The number of methoxy groups -OCH3 is 1. The van der Waals surface area contributed by atoms with Gasteiger partial charge in [0.2, 0.25) is 0 Å². The first kappa shape index (κ1) is 14.2. The number of ether oxygens (including phenoxy) is 1. The van der Waals surface area contributed by atoms with Crippen molar-refractivity contribution >= 4 is 22.7 Å². The fourth-order valence-corrected chi connectivity index (χ4v) is 4.19. The van der Waals surface area contributed by atoms with Gasteiger partial charge < -0.3 is 9.84 Å². The third-order valence-corrected chi connectivity index (χ3v) is 5.68. The van der Waals surface area contributed by atoms with Crippen LogP contribution in [0.15, 0.2) is 27.8 Å². The van der Waals surface area contributed by atoms with Crippen molar-refractivity contribution in [1.82, 2.24) is 4.98 Å². The van der Waals surface area contributed by atoms with Crippen LogP contribution in [0.1, 0.15) is 49.2 Å². The number of aliphatic imine (C=N–C) groups is 1. The number of allylic oxidation sites excluding steroid dienone is 2. The van der Waals surface area contributed by atoms with Gasteiger partial charge in [0.05, 0.1) is 30.3 Å². The molecule has 0 spiro atoms. The zero-order chi connectivity index (χ0) is 15.3. The molecule has 116 valence electrons. The Labute approximate surface area is 134 Å². The number of fused-ring (bicyclic) bond motifs is 1. The number of hydrogen-bond acceptors (Lipinski definition) is 5. The van der Waals surface area contributed by atoms with Crippen molar-refractivity contribution in [2.24, 2.45) is 10.9 Å². The van der Waals surface area contributed by atoms with E-state index in [0.29, 0.717) is 5.92 Å². The molecule has 2 heterocycles.